The summed E-state index contributed by atoms with van der Waals surface area (Å²) in [6, 6.07) is 12.8. The lowest BCUT2D eigenvalue weighted by Gasteiger charge is -2.31. The van der Waals surface area contributed by atoms with Gasteiger partial charge in [0.25, 0.3) is 0 Å². The zero-order valence-electron chi connectivity index (χ0n) is 12.3. The second-order valence-corrected chi connectivity index (χ2v) is 6.53. The Balaban J connectivity index is 2.22. The highest BCUT2D eigenvalue weighted by Crippen LogP contribution is 2.27. The summed E-state index contributed by atoms with van der Waals surface area (Å²) in [5, 5.41) is 3.49. The third-order valence-corrected chi connectivity index (χ3v) is 4.18. The predicted molar refractivity (Wildman–Crippen MR) is 90.1 cm³/mol. The van der Waals surface area contributed by atoms with Gasteiger partial charge in [0, 0.05) is 16.7 Å². The van der Waals surface area contributed by atoms with Crippen molar-refractivity contribution in [3.8, 4) is 0 Å². The minimum atomic E-state index is -0.343. The average Bonchev–Trinajstić information content (AvgIpc) is 2.43. The average molecular weight is 351 g/mol. The van der Waals surface area contributed by atoms with E-state index >= 15 is 0 Å². The lowest BCUT2D eigenvalue weighted by molar-refractivity contribution is 0.518. The van der Waals surface area contributed by atoms with Crippen LogP contribution >= 0.6 is 15.9 Å². The van der Waals surface area contributed by atoms with Crippen molar-refractivity contribution < 1.29 is 4.39 Å². The van der Waals surface area contributed by atoms with Crippen LogP contribution in [0.15, 0.2) is 46.9 Å². The number of anilines is 1. The maximum absolute atomic E-state index is 13.3. The van der Waals surface area contributed by atoms with E-state index in [1.165, 1.54) is 11.6 Å². The van der Waals surface area contributed by atoms with Crippen LogP contribution in [-0.4, -0.2) is 12.1 Å². The Morgan fingerprint density at radius 2 is 2.00 bits per heavy atom. The van der Waals surface area contributed by atoms with Gasteiger partial charge in [0.15, 0.2) is 0 Å². The normalized spacial score (nSPS) is 13.8. The molecule has 0 aliphatic heterocycles. The van der Waals surface area contributed by atoms with Crippen LogP contribution in [0.3, 0.4) is 0 Å². The van der Waals surface area contributed by atoms with Gasteiger partial charge in [-0.05, 0) is 71.6 Å². The van der Waals surface area contributed by atoms with Gasteiger partial charge in [-0.1, -0.05) is 18.2 Å². The summed E-state index contributed by atoms with van der Waals surface area (Å²) in [4.78, 5) is 0. The molecule has 0 amide bonds. The van der Waals surface area contributed by atoms with Crippen molar-refractivity contribution in [2.75, 3.05) is 11.9 Å². The molecule has 0 heterocycles. The fourth-order valence-electron chi connectivity index (χ4n) is 2.32. The molecule has 1 atom stereocenters. The number of halogens is 2. The highest BCUT2D eigenvalue weighted by Gasteiger charge is 2.23. The number of nitrogens with two attached hydrogens (primary N) is 1. The SMILES string of the molecule is Cc1ccc(Br)c(NC(C)(CN)Cc2cccc(F)c2)c1. The van der Waals surface area contributed by atoms with E-state index in [1.807, 2.05) is 32.0 Å². The highest BCUT2D eigenvalue weighted by molar-refractivity contribution is 9.10. The molecule has 2 nitrogen and oxygen atoms in total. The van der Waals surface area contributed by atoms with E-state index in [9.17, 15) is 4.39 Å². The van der Waals surface area contributed by atoms with E-state index in [2.05, 4.69) is 27.3 Å². The highest BCUT2D eigenvalue weighted by atomic mass is 79.9. The van der Waals surface area contributed by atoms with Crippen LogP contribution < -0.4 is 11.1 Å². The summed E-state index contributed by atoms with van der Waals surface area (Å²) in [6.07, 6.45) is 0.654. The van der Waals surface area contributed by atoms with Gasteiger partial charge in [0.2, 0.25) is 0 Å². The molecule has 21 heavy (non-hydrogen) atoms. The van der Waals surface area contributed by atoms with Gasteiger partial charge in [-0.25, -0.2) is 4.39 Å². The summed E-state index contributed by atoms with van der Waals surface area (Å²) in [6.45, 7) is 4.54. The molecule has 0 aromatic heterocycles. The van der Waals surface area contributed by atoms with Gasteiger partial charge in [-0.3, -0.25) is 0 Å². The molecule has 4 heteroatoms. The van der Waals surface area contributed by atoms with Crippen molar-refractivity contribution >= 4 is 21.6 Å². The van der Waals surface area contributed by atoms with Crippen LogP contribution in [-0.2, 0) is 6.42 Å². The van der Waals surface area contributed by atoms with E-state index in [0.29, 0.717) is 13.0 Å². The van der Waals surface area contributed by atoms with Gasteiger partial charge in [0.05, 0.1) is 5.54 Å². The fraction of sp³-hybridized carbons (Fsp3) is 0.294. The summed E-state index contributed by atoms with van der Waals surface area (Å²) in [5.41, 5.74) is 8.72. The summed E-state index contributed by atoms with van der Waals surface area (Å²) >= 11 is 3.55. The Kier molecular flexibility index (Phi) is 5.01. The standard InChI is InChI=1S/C17H20BrFN2/c1-12-6-7-15(18)16(8-12)21-17(2,11-20)10-13-4-3-5-14(19)9-13/h3-9,21H,10-11,20H2,1-2H3. The fourth-order valence-corrected chi connectivity index (χ4v) is 2.67. The number of nitrogens with one attached hydrogen (secondary N) is 1. The van der Waals surface area contributed by atoms with Crippen molar-refractivity contribution in [3.63, 3.8) is 0 Å². The molecular weight excluding hydrogens is 331 g/mol. The van der Waals surface area contributed by atoms with E-state index in [4.69, 9.17) is 5.73 Å². The third kappa shape index (κ3) is 4.29. The van der Waals surface area contributed by atoms with Gasteiger partial charge in [0.1, 0.15) is 5.82 Å². The van der Waals surface area contributed by atoms with Crippen molar-refractivity contribution in [1.29, 1.82) is 0 Å². The Morgan fingerprint density at radius 1 is 1.24 bits per heavy atom. The summed E-state index contributed by atoms with van der Waals surface area (Å²) in [5.74, 6) is -0.219. The molecule has 2 aromatic rings. The maximum Gasteiger partial charge on any atom is 0.123 e. The molecular formula is C17H20BrFN2. The second-order valence-electron chi connectivity index (χ2n) is 5.68. The molecule has 0 spiro atoms. The molecule has 0 aliphatic carbocycles. The predicted octanol–water partition coefficient (Wildman–Crippen LogP) is 4.27. The first-order chi connectivity index (χ1) is 9.92. The molecule has 0 bridgehead atoms. The van der Waals surface area contributed by atoms with Crippen molar-refractivity contribution in [2.45, 2.75) is 25.8 Å². The molecule has 0 saturated carbocycles. The molecule has 1 unspecified atom stereocenters. The van der Waals surface area contributed by atoms with E-state index in [-0.39, 0.29) is 11.4 Å². The molecule has 112 valence electrons. The molecule has 2 rings (SSSR count). The first-order valence-electron chi connectivity index (χ1n) is 6.91. The smallest absolute Gasteiger partial charge is 0.123 e. The zero-order chi connectivity index (χ0) is 15.5. The molecule has 3 N–H and O–H groups in total. The number of hydrogen-bond acceptors (Lipinski definition) is 2. The molecule has 0 fully saturated rings. The molecule has 0 radical (unpaired) electrons. The number of rotatable bonds is 5. The zero-order valence-corrected chi connectivity index (χ0v) is 13.9. The first-order valence-corrected chi connectivity index (χ1v) is 7.70. The van der Waals surface area contributed by atoms with Gasteiger partial charge in [-0.15, -0.1) is 0 Å². The number of aryl methyl sites for hydroxylation is 1. The first kappa shape index (κ1) is 16.0. The van der Waals surface area contributed by atoms with Crippen LogP contribution in [0, 0.1) is 12.7 Å². The topological polar surface area (TPSA) is 38.0 Å². The lowest BCUT2D eigenvalue weighted by atomic mass is 9.92. The van der Waals surface area contributed by atoms with Gasteiger partial charge >= 0.3 is 0 Å². The largest absolute Gasteiger partial charge is 0.377 e. The Labute approximate surface area is 133 Å². The van der Waals surface area contributed by atoms with Crippen LogP contribution in [0.25, 0.3) is 0 Å². The Morgan fingerprint density at radius 3 is 2.67 bits per heavy atom. The minimum Gasteiger partial charge on any atom is -0.377 e. The van der Waals surface area contributed by atoms with E-state index in [1.54, 1.807) is 12.1 Å². The molecule has 0 aliphatic rings. The Bertz CT molecular complexity index is 630. The van der Waals surface area contributed by atoms with Gasteiger partial charge < -0.3 is 11.1 Å². The molecule has 0 saturated heterocycles. The quantitative estimate of drug-likeness (QED) is 0.844. The van der Waals surface area contributed by atoms with Crippen LogP contribution in [0.2, 0.25) is 0 Å². The number of benzene rings is 2. The molecule has 2 aromatic carbocycles. The maximum atomic E-state index is 13.3. The monoisotopic (exact) mass is 350 g/mol. The third-order valence-electron chi connectivity index (χ3n) is 3.49. The van der Waals surface area contributed by atoms with Crippen LogP contribution in [0.1, 0.15) is 18.1 Å². The summed E-state index contributed by atoms with van der Waals surface area (Å²) in [7, 11) is 0. The summed E-state index contributed by atoms with van der Waals surface area (Å²) < 4.78 is 14.3. The van der Waals surface area contributed by atoms with Crippen LogP contribution in [0.4, 0.5) is 10.1 Å². The van der Waals surface area contributed by atoms with Crippen molar-refractivity contribution in [2.24, 2.45) is 5.73 Å². The van der Waals surface area contributed by atoms with Gasteiger partial charge in [-0.2, -0.15) is 0 Å². The van der Waals surface area contributed by atoms with E-state index in [0.717, 1.165) is 15.7 Å². The van der Waals surface area contributed by atoms with Crippen LogP contribution in [0.5, 0.6) is 0 Å². The lowest BCUT2D eigenvalue weighted by Crippen LogP contribution is -2.44. The van der Waals surface area contributed by atoms with E-state index < -0.39 is 0 Å². The number of hydrogen-bond donors (Lipinski definition) is 2. The van der Waals surface area contributed by atoms with Crippen molar-refractivity contribution in [1.82, 2.24) is 0 Å². The second kappa shape index (κ2) is 6.58. The minimum absolute atomic E-state index is 0.219. The Hall–Kier alpha value is -1.39. The van der Waals surface area contributed by atoms with Crippen molar-refractivity contribution in [3.05, 3.63) is 63.9 Å².